The van der Waals surface area contributed by atoms with Crippen LogP contribution >= 0.6 is 0 Å². The van der Waals surface area contributed by atoms with Gasteiger partial charge in [0.1, 0.15) is 67.1 Å². The van der Waals surface area contributed by atoms with E-state index in [4.69, 9.17) is 41.9 Å². The Bertz CT molecular complexity index is 815. The first kappa shape index (κ1) is 33.3. The van der Waals surface area contributed by atoms with Crippen molar-refractivity contribution in [2.45, 2.75) is 111 Å². The van der Waals surface area contributed by atoms with Crippen molar-refractivity contribution in [3.05, 3.63) is 0 Å². The zero-order valence-electron chi connectivity index (χ0n) is 21.7. The van der Waals surface area contributed by atoms with Crippen LogP contribution in [-0.2, 0) is 23.7 Å². The summed E-state index contributed by atoms with van der Waals surface area (Å²) < 4.78 is 22.5. The van der Waals surface area contributed by atoms with Gasteiger partial charge in [-0.2, -0.15) is 0 Å². The third kappa shape index (κ3) is 7.06. The molecule has 0 radical (unpaired) electrons. The Morgan fingerprint density at radius 2 is 1.45 bits per heavy atom. The predicted octanol–water partition coefficient (Wildman–Crippen LogP) is -8.42. The Morgan fingerprint density at radius 3 is 2.05 bits per heavy atom. The predicted molar refractivity (Wildman–Crippen MR) is 131 cm³/mol. The van der Waals surface area contributed by atoms with Gasteiger partial charge in [-0.25, -0.2) is 0 Å². The summed E-state index contributed by atoms with van der Waals surface area (Å²) in [6.45, 7) is -0.898. The lowest BCUT2D eigenvalue weighted by Crippen LogP contribution is -2.69. The molecule has 234 valence electrons. The van der Waals surface area contributed by atoms with Crippen LogP contribution in [0.25, 0.3) is 0 Å². The number of aliphatic hydroxyl groups excluding tert-OH is 8. The summed E-state index contributed by atoms with van der Waals surface area (Å²) in [6.07, 6.45) is -19.8. The smallest absolute Gasteiger partial charge is 0.249 e. The summed E-state index contributed by atoms with van der Waals surface area (Å²) in [7, 11) is 0. The zero-order valence-corrected chi connectivity index (χ0v) is 21.7. The average molecular weight is 586 g/mol. The minimum atomic E-state index is -1.76. The first-order chi connectivity index (χ1) is 18.9. The van der Waals surface area contributed by atoms with Gasteiger partial charge in [0.15, 0.2) is 12.6 Å². The monoisotopic (exact) mass is 585 g/mol. The molecule has 18 nitrogen and oxygen atoms in total. The lowest BCUT2D eigenvalue weighted by Gasteiger charge is -2.49. The molecule has 2 saturated heterocycles. The Morgan fingerprint density at radius 1 is 0.850 bits per heavy atom. The van der Waals surface area contributed by atoms with Crippen molar-refractivity contribution < 1.29 is 64.6 Å². The van der Waals surface area contributed by atoms with Crippen molar-refractivity contribution in [1.82, 2.24) is 5.32 Å². The van der Waals surface area contributed by atoms with Crippen LogP contribution < -0.4 is 28.3 Å². The molecule has 0 unspecified atom stereocenters. The summed E-state index contributed by atoms with van der Waals surface area (Å²) in [5.41, 5.74) is 23.1. The third-order valence-corrected chi connectivity index (χ3v) is 7.51. The highest BCUT2D eigenvalue weighted by Gasteiger charge is 2.52. The second-order valence-electron chi connectivity index (χ2n) is 10.3. The fourth-order valence-corrected chi connectivity index (χ4v) is 5.07. The maximum absolute atomic E-state index is 12.6. The second-order valence-corrected chi connectivity index (χ2v) is 10.3. The van der Waals surface area contributed by atoms with Gasteiger partial charge in [0.2, 0.25) is 5.91 Å². The normalized spacial score (nSPS) is 47.0. The van der Waals surface area contributed by atoms with Crippen LogP contribution in [0.1, 0.15) is 12.8 Å². The second kappa shape index (κ2) is 14.3. The molecule has 2 aliphatic heterocycles. The highest BCUT2D eigenvalue weighted by molar-refractivity contribution is 5.80. The molecular formula is C22H43N5O13. The molecule has 1 amide bonds. The van der Waals surface area contributed by atoms with Crippen LogP contribution in [0.15, 0.2) is 0 Å². The number of carbonyl (C=O) groups is 1. The van der Waals surface area contributed by atoms with Gasteiger partial charge in [0.05, 0.1) is 18.7 Å². The number of aliphatic hydroxyl groups is 8. The number of nitrogens with one attached hydrogen (secondary N) is 1. The SMILES string of the molecule is NCC[C@H](O)C(=O)N[C@@H]1C[C@H](N)[C@@H](O[C@H]2O[C@@H](CN)[C@@H](O)[C@@H](O)[C@H]2O)[C@H](O)[C@H]1O[C@H]1O[C@@H](CO)[C@@H](O)[C@H](N)[C@H]1O. The molecule has 1 aliphatic carbocycles. The molecule has 3 fully saturated rings. The van der Waals surface area contributed by atoms with Gasteiger partial charge >= 0.3 is 0 Å². The average Bonchev–Trinajstić information content (AvgIpc) is 2.92. The van der Waals surface area contributed by atoms with Gasteiger partial charge in [0, 0.05) is 12.6 Å². The number of amides is 1. The fraction of sp³-hybridized carbons (Fsp3) is 0.955. The molecule has 0 aromatic heterocycles. The summed E-state index contributed by atoms with van der Waals surface area (Å²) in [5, 5.41) is 84.9. The van der Waals surface area contributed by atoms with E-state index in [1.807, 2.05) is 0 Å². The van der Waals surface area contributed by atoms with E-state index < -0.39 is 110 Å². The Kier molecular flexibility index (Phi) is 11.9. The van der Waals surface area contributed by atoms with Crippen LogP contribution in [0, 0.1) is 0 Å². The number of hydrogen-bond acceptors (Lipinski definition) is 17. The Labute approximate surface area is 229 Å². The quantitative estimate of drug-likeness (QED) is 0.113. The molecule has 2 heterocycles. The molecule has 18 heteroatoms. The molecule has 0 aromatic rings. The molecular weight excluding hydrogens is 542 g/mol. The van der Waals surface area contributed by atoms with E-state index in [0.717, 1.165) is 0 Å². The van der Waals surface area contributed by atoms with Gasteiger partial charge in [-0.3, -0.25) is 4.79 Å². The fourth-order valence-electron chi connectivity index (χ4n) is 5.07. The Hall–Kier alpha value is -1.17. The first-order valence-corrected chi connectivity index (χ1v) is 13.1. The molecule has 17 N–H and O–H groups in total. The molecule has 40 heavy (non-hydrogen) atoms. The van der Waals surface area contributed by atoms with Crippen LogP contribution in [-0.4, -0.2) is 164 Å². The summed E-state index contributed by atoms with van der Waals surface area (Å²) in [4.78, 5) is 12.6. The highest BCUT2D eigenvalue weighted by Crippen LogP contribution is 2.32. The molecule has 0 aromatic carbocycles. The standard InChI is InChI=1S/C22H43N5O13/c23-2-1-8(29)20(36)27-7-3-6(25)18(39-22-16(34)15(33)13(31)9(4-24)37-22)17(35)19(7)40-21-14(32)11(26)12(30)10(5-28)38-21/h6-19,21-22,28-35H,1-5,23-26H2,(H,27,36)/t6-,7+,8-,9-,10-,11-,12+,13+,14+,15+,16+,17-,18+,19-,21+,22+/m0/s1. The van der Waals surface area contributed by atoms with Crippen LogP contribution in [0.3, 0.4) is 0 Å². The van der Waals surface area contributed by atoms with Crippen molar-refractivity contribution in [2.24, 2.45) is 22.9 Å². The van der Waals surface area contributed by atoms with E-state index in [1.165, 1.54) is 0 Å². The van der Waals surface area contributed by atoms with E-state index in [1.54, 1.807) is 0 Å². The minimum absolute atomic E-state index is 0.0101. The largest absolute Gasteiger partial charge is 0.394 e. The maximum Gasteiger partial charge on any atom is 0.249 e. The lowest BCUT2D eigenvalue weighted by molar-refractivity contribution is -0.332. The molecule has 0 bridgehead atoms. The van der Waals surface area contributed by atoms with E-state index in [-0.39, 0.29) is 25.9 Å². The molecule has 1 saturated carbocycles. The zero-order chi connectivity index (χ0) is 29.9. The van der Waals surface area contributed by atoms with Crippen LogP contribution in [0.5, 0.6) is 0 Å². The molecule has 3 aliphatic rings. The van der Waals surface area contributed by atoms with Gasteiger partial charge in [0.25, 0.3) is 0 Å². The molecule has 16 atom stereocenters. The van der Waals surface area contributed by atoms with Crippen molar-refractivity contribution in [3.8, 4) is 0 Å². The van der Waals surface area contributed by atoms with Crippen molar-refractivity contribution in [2.75, 3.05) is 19.7 Å². The number of nitrogens with two attached hydrogens (primary N) is 4. The Balaban J connectivity index is 1.85. The molecule has 0 spiro atoms. The minimum Gasteiger partial charge on any atom is -0.394 e. The van der Waals surface area contributed by atoms with Crippen molar-refractivity contribution in [3.63, 3.8) is 0 Å². The van der Waals surface area contributed by atoms with E-state index in [2.05, 4.69) is 5.32 Å². The number of hydrogen-bond donors (Lipinski definition) is 13. The van der Waals surface area contributed by atoms with Gasteiger partial charge in [-0.15, -0.1) is 0 Å². The number of rotatable bonds is 10. The topological polar surface area (TPSA) is 332 Å². The lowest BCUT2D eigenvalue weighted by atomic mass is 9.83. The van der Waals surface area contributed by atoms with Crippen LogP contribution in [0.4, 0.5) is 0 Å². The summed E-state index contributed by atoms with van der Waals surface area (Å²) in [5.74, 6) is -0.845. The number of ether oxygens (including phenoxy) is 4. The third-order valence-electron chi connectivity index (χ3n) is 7.51. The van der Waals surface area contributed by atoms with Crippen LogP contribution in [0.2, 0.25) is 0 Å². The van der Waals surface area contributed by atoms with E-state index in [9.17, 15) is 45.6 Å². The highest BCUT2D eigenvalue weighted by atomic mass is 16.7. The van der Waals surface area contributed by atoms with E-state index in [0.29, 0.717) is 0 Å². The van der Waals surface area contributed by atoms with Gasteiger partial charge in [-0.05, 0) is 19.4 Å². The van der Waals surface area contributed by atoms with Gasteiger partial charge < -0.3 is 88.1 Å². The summed E-state index contributed by atoms with van der Waals surface area (Å²) >= 11 is 0. The molecule has 3 rings (SSSR count). The first-order valence-electron chi connectivity index (χ1n) is 13.1. The summed E-state index contributed by atoms with van der Waals surface area (Å²) in [6, 6.07) is -3.45. The van der Waals surface area contributed by atoms with Gasteiger partial charge in [-0.1, -0.05) is 0 Å². The van der Waals surface area contributed by atoms with Crippen molar-refractivity contribution in [1.29, 1.82) is 0 Å². The van der Waals surface area contributed by atoms with Crippen molar-refractivity contribution >= 4 is 5.91 Å². The maximum atomic E-state index is 12.6. The number of carbonyl (C=O) groups excluding carboxylic acids is 1. The van der Waals surface area contributed by atoms with E-state index >= 15 is 0 Å².